The maximum absolute atomic E-state index is 9.58. The highest BCUT2D eigenvalue weighted by molar-refractivity contribution is 9.10. The SMILES string of the molecule is O[C@@H]1CCC[C@H]1NCc1coc(Br)c1. The van der Waals surface area contributed by atoms with Crippen molar-refractivity contribution >= 4 is 15.9 Å². The Morgan fingerprint density at radius 1 is 1.57 bits per heavy atom. The number of aliphatic hydroxyl groups excluding tert-OH is 1. The van der Waals surface area contributed by atoms with Crippen LogP contribution in [0.3, 0.4) is 0 Å². The molecule has 0 unspecified atom stereocenters. The number of furan rings is 1. The lowest BCUT2D eigenvalue weighted by molar-refractivity contribution is 0.148. The number of aliphatic hydroxyl groups is 1. The Balaban J connectivity index is 1.82. The van der Waals surface area contributed by atoms with E-state index in [-0.39, 0.29) is 12.1 Å². The van der Waals surface area contributed by atoms with Crippen molar-refractivity contribution < 1.29 is 9.52 Å². The van der Waals surface area contributed by atoms with Gasteiger partial charge < -0.3 is 14.8 Å². The first kappa shape index (κ1) is 10.2. The number of nitrogens with one attached hydrogen (secondary N) is 1. The van der Waals surface area contributed by atoms with Crippen LogP contribution in [0.15, 0.2) is 21.4 Å². The van der Waals surface area contributed by atoms with Gasteiger partial charge in [-0.2, -0.15) is 0 Å². The molecule has 2 atom stereocenters. The standard InChI is InChI=1S/C10H14BrNO2/c11-10-4-7(6-14-10)5-12-8-2-1-3-9(8)13/h4,6,8-9,12-13H,1-3,5H2/t8-,9-/m1/s1. The molecule has 0 spiro atoms. The molecule has 1 aliphatic rings. The predicted octanol–water partition coefficient (Wildman–Crippen LogP) is 2.05. The molecule has 0 radical (unpaired) electrons. The zero-order valence-corrected chi connectivity index (χ0v) is 9.46. The minimum atomic E-state index is -0.176. The van der Waals surface area contributed by atoms with E-state index in [1.165, 1.54) is 0 Å². The van der Waals surface area contributed by atoms with Crippen LogP contribution in [0, 0.1) is 0 Å². The average molecular weight is 260 g/mol. The quantitative estimate of drug-likeness (QED) is 0.874. The van der Waals surface area contributed by atoms with Gasteiger partial charge in [-0.15, -0.1) is 0 Å². The molecule has 1 saturated carbocycles. The molecule has 3 nitrogen and oxygen atoms in total. The molecule has 1 aromatic heterocycles. The molecule has 1 aliphatic carbocycles. The Morgan fingerprint density at radius 3 is 3.00 bits per heavy atom. The Bertz CT molecular complexity index is 300. The molecule has 0 aromatic carbocycles. The first-order chi connectivity index (χ1) is 6.75. The van der Waals surface area contributed by atoms with Gasteiger partial charge in [0.1, 0.15) is 0 Å². The molecule has 1 aromatic rings. The second kappa shape index (κ2) is 4.47. The van der Waals surface area contributed by atoms with Crippen LogP contribution < -0.4 is 5.32 Å². The number of rotatable bonds is 3. The molecule has 0 bridgehead atoms. The Labute approximate surface area is 91.6 Å². The second-order valence-corrected chi connectivity index (χ2v) is 4.53. The van der Waals surface area contributed by atoms with Crippen LogP contribution in [0.1, 0.15) is 24.8 Å². The highest BCUT2D eigenvalue weighted by Crippen LogP contribution is 2.20. The molecule has 1 fully saturated rings. The second-order valence-electron chi connectivity index (χ2n) is 3.74. The zero-order chi connectivity index (χ0) is 9.97. The molecule has 2 N–H and O–H groups in total. The van der Waals surface area contributed by atoms with Gasteiger partial charge in [0.15, 0.2) is 4.67 Å². The Hall–Kier alpha value is -0.320. The van der Waals surface area contributed by atoms with Crippen molar-refractivity contribution in [2.24, 2.45) is 0 Å². The van der Waals surface area contributed by atoms with Crippen molar-refractivity contribution in [1.82, 2.24) is 5.32 Å². The monoisotopic (exact) mass is 259 g/mol. The van der Waals surface area contributed by atoms with E-state index in [0.29, 0.717) is 0 Å². The number of hydrogen-bond acceptors (Lipinski definition) is 3. The number of hydrogen-bond donors (Lipinski definition) is 2. The summed E-state index contributed by atoms with van der Waals surface area (Å²) in [5, 5.41) is 12.9. The molecule has 78 valence electrons. The van der Waals surface area contributed by atoms with E-state index in [9.17, 15) is 5.11 Å². The van der Waals surface area contributed by atoms with Gasteiger partial charge in [-0.3, -0.25) is 0 Å². The van der Waals surface area contributed by atoms with Crippen LogP contribution >= 0.6 is 15.9 Å². The van der Waals surface area contributed by atoms with E-state index in [4.69, 9.17) is 4.42 Å². The average Bonchev–Trinajstić information content (AvgIpc) is 2.72. The van der Waals surface area contributed by atoms with Crippen molar-refractivity contribution in [3.63, 3.8) is 0 Å². The fraction of sp³-hybridized carbons (Fsp3) is 0.600. The molecule has 0 saturated heterocycles. The highest BCUT2D eigenvalue weighted by atomic mass is 79.9. The van der Waals surface area contributed by atoms with Gasteiger partial charge >= 0.3 is 0 Å². The van der Waals surface area contributed by atoms with Gasteiger partial charge in [0.25, 0.3) is 0 Å². The van der Waals surface area contributed by atoms with E-state index in [1.54, 1.807) is 6.26 Å². The predicted molar refractivity (Wildman–Crippen MR) is 56.9 cm³/mol. The highest BCUT2D eigenvalue weighted by Gasteiger charge is 2.24. The van der Waals surface area contributed by atoms with Crippen LogP contribution in [0.2, 0.25) is 0 Å². The third kappa shape index (κ3) is 2.38. The van der Waals surface area contributed by atoms with E-state index in [1.807, 2.05) is 6.07 Å². The molecule has 4 heteroatoms. The summed E-state index contributed by atoms with van der Waals surface area (Å²) in [5.41, 5.74) is 1.11. The first-order valence-electron chi connectivity index (χ1n) is 4.90. The topological polar surface area (TPSA) is 45.4 Å². The third-order valence-corrected chi connectivity index (χ3v) is 3.09. The summed E-state index contributed by atoms with van der Waals surface area (Å²) in [6, 6.07) is 2.19. The van der Waals surface area contributed by atoms with Crippen LogP contribution in [0.25, 0.3) is 0 Å². The van der Waals surface area contributed by atoms with Crippen molar-refractivity contribution in [3.05, 3.63) is 22.6 Å². The Morgan fingerprint density at radius 2 is 2.43 bits per heavy atom. The van der Waals surface area contributed by atoms with Gasteiger partial charge in [0, 0.05) is 18.2 Å². The normalized spacial score (nSPS) is 27.0. The largest absolute Gasteiger partial charge is 0.457 e. The first-order valence-corrected chi connectivity index (χ1v) is 5.69. The molecular formula is C10H14BrNO2. The third-order valence-electron chi connectivity index (χ3n) is 2.67. The van der Waals surface area contributed by atoms with E-state index in [2.05, 4.69) is 21.2 Å². The lowest BCUT2D eigenvalue weighted by Crippen LogP contribution is -2.34. The summed E-state index contributed by atoms with van der Waals surface area (Å²) in [7, 11) is 0. The molecule has 2 rings (SSSR count). The van der Waals surface area contributed by atoms with E-state index >= 15 is 0 Å². The van der Waals surface area contributed by atoms with Gasteiger partial charge in [0.2, 0.25) is 0 Å². The fourth-order valence-corrected chi connectivity index (χ4v) is 2.25. The molecular weight excluding hydrogens is 246 g/mol. The van der Waals surface area contributed by atoms with Crippen molar-refractivity contribution in [1.29, 1.82) is 0 Å². The minimum Gasteiger partial charge on any atom is -0.457 e. The number of halogens is 1. The summed E-state index contributed by atoms with van der Waals surface area (Å²) in [5.74, 6) is 0. The fourth-order valence-electron chi connectivity index (χ4n) is 1.87. The van der Waals surface area contributed by atoms with Gasteiger partial charge in [-0.25, -0.2) is 0 Å². The molecule has 1 heterocycles. The van der Waals surface area contributed by atoms with Crippen LogP contribution in [-0.2, 0) is 6.54 Å². The van der Waals surface area contributed by atoms with Crippen LogP contribution in [0.5, 0.6) is 0 Å². The van der Waals surface area contributed by atoms with Crippen molar-refractivity contribution in [2.45, 2.75) is 38.0 Å². The maximum atomic E-state index is 9.58. The summed E-state index contributed by atoms with van der Waals surface area (Å²) < 4.78 is 5.87. The van der Waals surface area contributed by atoms with Crippen LogP contribution in [0.4, 0.5) is 0 Å². The minimum absolute atomic E-state index is 0.176. The Kier molecular flexibility index (Phi) is 3.26. The summed E-state index contributed by atoms with van der Waals surface area (Å²) in [6.45, 7) is 0.761. The van der Waals surface area contributed by atoms with E-state index < -0.39 is 0 Å². The maximum Gasteiger partial charge on any atom is 0.169 e. The smallest absolute Gasteiger partial charge is 0.169 e. The zero-order valence-electron chi connectivity index (χ0n) is 7.87. The molecule has 0 amide bonds. The van der Waals surface area contributed by atoms with Crippen molar-refractivity contribution in [2.75, 3.05) is 0 Å². The van der Waals surface area contributed by atoms with E-state index in [0.717, 1.165) is 36.0 Å². The van der Waals surface area contributed by atoms with Gasteiger partial charge in [-0.1, -0.05) is 0 Å². The van der Waals surface area contributed by atoms with Crippen LogP contribution in [-0.4, -0.2) is 17.3 Å². The summed E-state index contributed by atoms with van der Waals surface area (Å²) in [4.78, 5) is 0. The summed E-state index contributed by atoms with van der Waals surface area (Å²) >= 11 is 3.25. The summed E-state index contributed by atoms with van der Waals surface area (Å²) in [6.07, 6.45) is 4.66. The molecule has 0 aliphatic heterocycles. The van der Waals surface area contributed by atoms with Crippen molar-refractivity contribution in [3.8, 4) is 0 Å². The lowest BCUT2D eigenvalue weighted by atomic mass is 10.2. The lowest BCUT2D eigenvalue weighted by Gasteiger charge is -2.15. The van der Waals surface area contributed by atoms with Gasteiger partial charge in [0.05, 0.1) is 12.4 Å². The molecule has 14 heavy (non-hydrogen) atoms. The van der Waals surface area contributed by atoms with Gasteiger partial charge in [-0.05, 0) is 41.3 Å².